The van der Waals surface area contributed by atoms with Crippen molar-refractivity contribution in [2.75, 3.05) is 11.4 Å². The number of nitriles is 2. The molecule has 3 nitrogen and oxygen atoms in total. The molecule has 88 valence electrons. The SMILES string of the molecule is CC(C)N(CCC#N)c1cc(Br)ccc1C#N. The Morgan fingerprint density at radius 1 is 1.35 bits per heavy atom. The molecule has 0 spiro atoms. The van der Waals surface area contributed by atoms with Crippen molar-refractivity contribution in [1.29, 1.82) is 10.5 Å². The molecule has 4 heteroatoms. The minimum Gasteiger partial charge on any atom is -0.367 e. The van der Waals surface area contributed by atoms with E-state index in [4.69, 9.17) is 10.5 Å². The number of anilines is 1. The van der Waals surface area contributed by atoms with Gasteiger partial charge in [0.25, 0.3) is 0 Å². The predicted molar refractivity (Wildman–Crippen MR) is 71.6 cm³/mol. The number of nitrogens with zero attached hydrogens (tertiary/aromatic N) is 3. The molecule has 0 aliphatic heterocycles. The molecule has 0 aliphatic rings. The molecule has 0 heterocycles. The summed E-state index contributed by atoms with van der Waals surface area (Å²) in [4.78, 5) is 2.08. The Balaban J connectivity index is 3.13. The van der Waals surface area contributed by atoms with Gasteiger partial charge in [0.1, 0.15) is 6.07 Å². The third-order valence-corrected chi connectivity index (χ3v) is 2.97. The molecule has 1 aromatic carbocycles. The third kappa shape index (κ3) is 3.47. The van der Waals surface area contributed by atoms with Crippen molar-refractivity contribution in [1.82, 2.24) is 0 Å². The van der Waals surface area contributed by atoms with Crippen molar-refractivity contribution >= 4 is 21.6 Å². The van der Waals surface area contributed by atoms with Crippen molar-refractivity contribution in [3.8, 4) is 12.1 Å². The van der Waals surface area contributed by atoms with E-state index in [0.717, 1.165) is 10.2 Å². The molecule has 17 heavy (non-hydrogen) atoms. The van der Waals surface area contributed by atoms with E-state index in [1.54, 1.807) is 6.07 Å². The molecule has 0 aromatic heterocycles. The maximum absolute atomic E-state index is 9.11. The Kier molecular flexibility index (Phi) is 5.00. The highest BCUT2D eigenvalue weighted by Gasteiger charge is 2.14. The fourth-order valence-corrected chi connectivity index (χ4v) is 2.01. The number of halogens is 1. The summed E-state index contributed by atoms with van der Waals surface area (Å²) in [6, 6.07) is 10.2. The van der Waals surface area contributed by atoms with Crippen LogP contribution in [0.3, 0.4) is 0 Å². The van der Waals surface area contributed by atoms with Crippen molar-refractivity contribution in [2.45, 2.75) is 26.3 Å². The number of hydrogen-bond donors (Lipinski definition) is 0. The molecular weight excluding hydrogens is 278 g/mol. The first-order valence-corrected chi connectivity index (χ1v) is 6.22. The molecule has 1 aromatic rings. The quantitative estimate of drug-likeness (QED) is 0.854. The van der Waals surface area contributed by atoms with Crippen LogP contribution in [-0.2, 0) is 0 Å². The van der Waals surface area contributed by atoms with Gasteiger partial charge in [-0.3, -0.25) is 0 Å². The molecule has 0 radical (unpaired) electrons. The van der Waals surface area contributed by atoms with Gasteiger partial charge in [-0.1, -0.05) is 15.9 Å². The van der Waals surface area contributed by atoms with E-state index < -0.39 is 0 Å². The lowest BCUT2D eigenvalue weighted by molar-refractivity contribution is 0.686. The van der Waals surface area contributed by atoms with Gasteiger partial charge < -0.3 is 4.90 Å². The highest BCUT2D eigenvalue weighted by Crippen LogP contribution is 2.26. The van der Waals surface area contributed by atoms with Gasteiger partial charge in [-0.25, -0.2) is 0 Å². The van der Waals surface area contributed by atoms with Gasteiger partial charge in [-0.15, -0.1) is 0 Å². The second-order valence-corrected chi connectivity index (χ2v) is 4.88. The average molecular weight is 292 g/mol. The summed E-state index contributed by atoms with van der Waals surface area (Å²) in [7, 11) is 0. The van der Waals surface area contributed by atoms with Crippen molar-refractivity contribution in [3.05, 3.63) is 28.2 Å². The first-order chi connectivity index (χ1) is 8.10. The van der Waals surface area contributed by atoms with Crippen LogP contribution in [0.5, 0.6) is 0 Å². The third-order valence-electron chi connectivity index (χ3n) is 2.48. The van der Waals surface area contributed by atoms with Gasteiger partial charge in [0.15, 0.2) is 0 Å². The summed E-state index contributed by atoms with van der Waals surface area (Å²) in [5.41, 5.74) is 1.52. The molecule has 0 aliphatic carbocycles. The summed E-state index contributed by atoms with van der Waals surface area (Å²) in [6.45, 7) is 4.75. The lowest BCUT2D eigenvalue weighted by Crippen LogP contribution is -2.32. The Hall–Kier alpha value is -1.52. The molecule has 0 atom stereocenters. The molecular formula is C13H14BrN3. The lowest BCUT2D eigenvalue weighted by Gasteiger charge is -2.29. The van der Waals surface area contributed by atoms with E-state index in [1.807, 2.05) is 12.1 Å². The summed E-state index contributed by atoms with van der Waals surface area (Å²) in [5, 5.41) is 17.8. The molecule has 0 amide bonds. The maximum atomic E-state index is 9.11. The zero-order valence-corrected chi connectivity index (χ0v) is 11.5. The molecule has 0 N–H and O–H groups in total. The van der Waals surface area contributed by atoms with Gasteiger partial charge in [0.05, 0.1) is 23.7 Å². The first kappa shape index (κ1) is 13.5. The smallest absolute Gasteiger partial charge is 0.101 e. The summed E-state index contributed by atoms with van der Waals surface area (Å²) in [5.74, 6) is 0. The number of hydrogen-bond acceptors (Lipinski definition) is 3. The van der Waals surface area contributed by atoms with Crippen LogP contribution in [0.1, 0.15) is 25.8 Å². The van der Waals surface area contributed by atoms with E-state index in [0.29, 0.717) is 18.5 Å². The van der Waals surface area contributed by atoms with Crippen LogP contribution in [0.2, 0.25) is 0 Å². The van der Waals surface area contributed by atoms with Gasteiger partial charge in [-0.05, 0) is 32.0 Å². The topological polar surface area (TPSA) is 50.8 Å². The van der Waals surface area contributed by atoms with E-state index in [2.05, 4.69) is 46.8 Å². The first-order valence-electron chi connectivity index (χ1n) is 5.43. The van der Waals surface area contributed by atoms with E-state index in [-0.39, 0.29) is 6.04 Å². The predicted octanol–water partition coefficient (Wildman–Crippen LogP) is 3.45. The van der Waals surface area contributed by atoms with Crippen LogP contribution < -0.4 is 4.90 Å². The van der Waals surface area contributed by atoms with Crippen LogP contribution >= 0.6 is 15.9 Å². The summed E-state index contributed by atoms with van der Waals surface area (Å²) in [6.07, 6.45) is 0.454. The highest BCUT2D eigenvalue weighted by atomic mass is 79.9. The van der Waals surface area contributed by atoms with Crippen LogP contribution in [0.15, 0.2) is 22.7 Å². The number of rotatable bonds is 4. The van der Waals surface area contributed by atoms with E-state index in [1.165, 1.54) is 0 Å². The molecule has 0 saturated heterocycles. The molecule has 0 unspecified atom stereocenters. The normalized spacial score (nSPS) is 9.76. The van der Waals surface area contributed by atoms with Crippen LogP contribution in [0.25, 0.3) is 0 Å². The molecule has 0 saturated carbocycles. The summed E-state index contributed by atoms with van der Waals surface area (Å²) >= 11 is 3.41. The molecule has 0 bridgehead atoms. The van der Waals surface area contributed by atoms with Crippen molar-refractivity contribution in [3.63, 3.8) is 0 Å². The maximum Gasteiger partial charge on any atom is 0.101 e. The second-order valence-electron chi connectivity index (χ2n) is 3.97. The van der Waals surface area contributed by atoms with Crippen LogP contribution in [0, 0.1) is 22.7 Å². The second kappa shape index (κ2) is 6.27. The largest absolute Gasteiger partial charge is 0.367 e. The molecule has 0 fully saturated rings. The van der Waals surface area contributed by atoms with Gasteiger partial charge in [-0.2, -0.15) is 10.5 Å². The minimum atomic E-state index is 0.254. The number of benzene rings is 1. The Morgan fingerprint density at radius 3 is 2.59 bits per heavy atom. The fraction of sp³-hybridized carbons (Fsp3) is 0.385. The lowest BCUT2D eigenvalue weighted by atomic mass is 10.1. The van der Waals surface area contributed by atoms with Gasteiger partial charge in [0.2, 0.25) is 0 Å². The highest BCUT2D eigenvalue weighted by molar-refractivity contribution is 9.10. The standard InChI is InChI=1S/C13H14BrN3/c1-10(2)17(7-3-6-15)13-8-12(14)5-4-11(13)9-16/h4-5,8,10H,3,7H2,1-2H3. The van der Waals surface area contributed by atoms with Crippen molar-refractivity contribution < 1.29 is 0 Å². The minimum absolute atomic E-state index is 0.254. The van der Waals surface area contributed by atoms with Crippen LogP contribution in [0.4, 0.5) is 5.69 Å². The Morgan fingerprint density at radius 2 is 2.06 bits per heavy atom. The average Bonchev–Trinajstić information content (AvgIpc) is 2.29. The summed E-state index contributed by atoms with van der Waals surface area (Å²) < 4.78 is 0.939. The Bertz CT molecular complexity index is 469. The zero-order chi connectivity index (χ0) is 12.8. The Labute approximate surface area is 110 Å². The zero-order valence-electron chi connectivity index (χ0n) is 9.94. The molecule has 1 rings (SSSR count). The van der Waals surface area contributed by atoms with Gasteiger partial charge >= 0.3 is 0 Å². The monoisotopic (exact) mass is 291 g/mol. The van der Waals surface area contributed by atoms with E-state index in [9.17, 15) is 0 Å². The van der Waals surface area contributed by atoms with Crippen molar-refractivity contribution in [2.24, 2.45) is 0 Å². The van der Waals surface area contributed by atoms with Crippen LogP contribution in [-0.4, -0.2) is 12.6 Å². The fourth-order valence-electron chi connectivity index (χ4n) is 1.66. The van der Waals surface area contributed by atoms with E-state index >= 15 is 0 Å². The van der Waals surface area contributed by atoms with Gasteiger partial charge in [0, 0.05) is 17.1 Å².